The number of hydrogen-bond acceptors (Lipinski definition) is 5. The second-order valence-corrected chi connectivity index (χ2v) is 7.92. The molecule has 5 rings (SSSR count). The monoisotopic (exact) mass is 424 g/mol. The van der Waals surface area contributed by atoms with E-state index in [2.05, 4.69) is 39.3 Å². The minimum absolute atomic E-state index is 0.0615. The lowest BCUT2D eigenvalue weighted by atomic mass is 10.1. The van der Waals surface area contributed by atoms with E-state index in [0.717, 1.165) is 43.9 Å². The Bertz CT molecular complexity index is 1170. The van der Waals surface area contributed by atoms with Gasteiger partial charge < -0.3 is 9.42 Å². The van der Waals surface area contributed by atoms with E-state index < -0.39 is 0 Å². The lowest BCUT2D eigenvalue weighted by molar-refractivity contribution is 0.0628. The van der Waals surface area contributed by atoms with Gasteiger partial charge in [0.15, 0.2) is 0 Å². The number of rotatable bonds is 5. The number of piperazine rings is 1. The van der Waals surface area contributed by atoms with Crippen LogP contribution in [0, 0.1) is 0 Å². The molecule has 1 fully saturated rings. The maximum absolute atomic E-state index is 13.0. The van der Waals surface area contributed by atoms with Gasteiger partial charge in [0, 0.05) is 49.4 Å². The fourth-order valence-corrected chi connectivity index (χ4v) is 3.93. The summed E-state index contributed by atoms with van der Waals surface area (Å²) in [6.45, 7) is 4.15. The summed E-state index contributed by atoms with van der Waals surface area (Å²) in [5.74, 6) is 1.05. The van der Waals surface area contributed by atoms with Crippen molar-refractivity contribution in [3.8, 4) is 22.8 Å². The summed E-state index contributed by atoms with van der Waals surface area (Å²) in [4.78, 5) is 21.8. The third-order valence-electron chi connectivity index (χ3n) is 5.75. The second kappa shape index (κ2) is 9.16. The molecule has 1 saturated heterocycles. The predicted molar refractivity (Wildman–Crippen MR) is 123 cm³/mol. The van der Waals surface area contributed by atoms with Crippen molar-refractivity contribution in [2.75, 3.05) is 26.2 Å². The van der Waals surface area contributed by atoms with Crippen molar-refractivity contribution < 1.29 is 9.32 Å². The van der Waals surface area contributed by atoms with Crippen molar-refractivity contribution in [1.82, 2.24) is 19.9 Å². The van der Waals surface area contributed by atoms with E-state index in [0.29, 0.717) is 17.3 Å². The summed E-state index contributed by atoms with van der Waals surface area (Å²) in [5, 5.41) is 4.06. The fourth-order valence-electron chi connectivity index (χ4n) is 3.93. The first-order chi connectivity index (χ1) is 15.8. The van der Waals surface area contributed by atoms with Gasteiger partial charge in [-0.25, -0.2) is 0 Å². The van der Waals surface area contributed by atoms with Gasteiger partial charge in [0.1, 0.15) is 0 Å². The number of hydrogen-bond donors (Lipinski definition) is 0. The van der Waals surface area contributed by atoms with Gasteiger partial charge in [-0.1, -0.05) is 65.8 Å². The van der Waals surface area contributed by atoms with Crippen molar-refractivity contribution >= 4 is 5.91 Å². The average molecular weight is 425 g/mol. The summed E-state index contributed by atoms with van der Waals surface area (Å²) >= 11 is 0. The zero-order chi connectivity index (χ0) is 21.8. The number of aromatic nitrogens is 2. The summed E-state index contributed by atoms with van der Waals surface area (Å²) in [5.41, 5.74) is 3.68. The number of amides is 1. The Morgan fingerprint density at radius 2 is 1.44 bits per heavy atom. The van der Waals surface area contributed by atoms with Crippen molar-refractivity contribution in [3.63, 3.8) is 0 Å². The molecule has 2 heterocycles. The molecule has 0 N–H and O–H groups in total. The average Bonchev–Trinajstić information content (AvgIpc) is 3.36. The normalized spacial score (nSPS) is 14.4. The molecule has 0 bridgehead atoms. The van der Waals surface area contributed by atoms with Crippen LogP contribution in [0.25, 0.3) is 22.8 Å². The molecular weight excluding hydrogens is 400 g/mol. The van der Waals surface area contributed by atoms with Gasteiger partial charge >= 0.3 is 0 Å². The molecule has 1 amide bonds. The zero-order valence-electron chi connectivity index (χ0n) is 17.7. The van der Waals surface area contributed by atoms with Crippen LogP contribution in [0.15, 0.2) is 89.5 Å². The van der Waals surface area contributed by atoms with E-state index in [1.165, 1.54) is 5.56 Å². The van der Waals surface area contributed by atoms with E-state index in [4.69, 9.17) is 4.52 Å². The third-order valence-corrected chi connectivity index (χ3v) is 5.75. The molecule has 6 heteroatoms. The molecule has 4 aromatic rings. The molecule has 1 aliphatic heterocycles. The first kappa shape index (κ1) is 20.2. The molecule has 160 valence electrons. The minimum Gasteiger partial charge on any atom is -0.336 e. The van der Waals surface area contributed by atoms with Crippen LogP contribution in [-0.4, -0.2) is 52.0 Å². The highest BCUT2D eigenvalue weighted by Crippen LogP contribution is 2.23. The SMILES string of the molecule is O=C(c1ccc(-c2nc(-c3ccccc3)no2)cc1)N1CCN(Cc2ccccc2)CC1. The van der Waals surface area contributed by atoms with E-state index in [1.807, 2.05) is 65.6 Å². The smallest absolute Gasteiger partial charge is 0.258 e. The molecular formula is C26H24N4O2. The second-order valence-electron chi connectivity index (χ2n) is 7.92. The topological polar surface area (TPSA) is 62.5 Å². The number of benzene rings is 3. The number of carbonyl (C=O) groups excluding carboxylic acids is 1. The van der Waals surface area contributed by atoms with E-state index in [9.17, 15) is 4.79 Å². The first-order valence-electron chi connectivity index (χ1n) is 10.8. The predicted octanol–water partition coefficient (Wildman–Crippen LogP) is 4.36. The summed E-state index contributed by atoms with van der Waals surface area (Å²) in [6.07, 6.45) is 0. The highest BCUT2D eigenvalue weighted by molar-refractivity contribution is 5.94. The lowest BCUT2D eigenvalue weighted by Gasteiger charge is -2.34. The van der Waals surface area contributed by atoms with E-state index in [-0.39, 0.29) is 5.91 Å². The van der Waals surface area contributed by atoms with Crippen LogP contribution in [-0.2, 0) is 6.54 Å². The van der Waals surface area contributed by atoms with Crippen molar-refractivity contribution in [2.24, 2.45) is 0 Å². The molecule has 1 aromatic heterocycles. The van der Waals surface area contributed by atoms with Gasteiger partial charge in [0.25, 0.3) is 11.8 Å². The van der Waals surface area contributed by atoms with E-state index >= 15 is 0 Å². The van der Waals surface area contributed by atoms with Crippen LogP contribution in [0.3, 0.4) is 0 Å². The molecule has 0 aliphatic carbocycles. The van der Waals surface area contributed by atoms with Gasteiger partial charge in [-0.2, -0.15) is 4.98 Å². The van der Waals surface area contributed by atoms with Crippen LogP contribution < -0.4 is 0 Å². The highest BCUT2D eigenvalue weighted by atomic mass is 16.5. The standard InChI is InChI=1S/C26H24N4O2/c31-26(30-17-15-29(16-18-30)19-20-7-3-1-4-8-20)23-13-11-22(12-14-23)25-27-24(28-32-25)21-9-5-2-6-10-21/h1-14H,15-19H2. The van der Waals surface area contributed by atoms with Gasteiger partial charge in [0.05, 0.1) is 0 Å². The Kier molecular flexibility index (Phi) is 5.77. The summed E-state index contributed by atoms with van der Waals surface area (Å²) < 4.78 is 5.42. The third kappa shape index (κ3) is 4.45. The molecule has 32 heavy (non-hydrogen) atoms. The quantitative estimate of drug-likeness (QED) is 0.476. The Labute approximate surface area is 187 Å². The summed E-state index contributed by atoms with van der Waals surface area (Å²) in [7, 11) is 0. The first-order valence-corrected chi connectivity index (χ1v) is 10.8. The summed E-state index contributed by atoms with van der Waals surface area (Å²) in [6, 6.07) is 27.5. The molecule has 0 spiro atoms. The van der Waals surface area contributed by atoms with Gasteiger partial charge in [-0.05, 0) is 29.8 Å². The van der Waals surface area contributed by atoms with Crippen LogP contribution in [0.1, 0.15) is 15.9 Å². The van der Waals surface area contributed by atoms with E-state index in [1.54, 1.807) is 0 Å². The van der Waals surface area contributed by atoms with Crippen LogP contribution >= 0.6 is 0 Å². The van der Waals surface area contributed by atoms with Crippen molar-refractivity contribution in [2.45, 2.75) is 6.54 Å². The van der Waals surface area contributed by atoms with Crippen molar-refractivity contribution in [1.29, 1.82) is 0 Å². The molecule has 6 nitrogen and oxygen atoms in total. The zero-order valence-corrected chi connectivity index (χ0v) is 17.7. The Morgan fingerprint density at radius 1 is 0.781 bits per heavy atom. The van der Waals surface area contributed by atoms with Crippen LogP contribution in [0.5, 0.6) is 0 Å². The fraction of sp³-hybridized carbons (Fsp3) is 0.192. The number of carbonyl (C=O) groups is 1. The largest absolute Gasteiger partial charge is 0.336 e. The molecule has 1 aliphatic rings. The lowest BCUT2D eigenvalue weighted by Crippen LogP contribution is -2.48. The van der Waals surface area contributed by atoms with Gasteiger partial charge in [-0.15, -0.1) is 0 Å². The maximum atomic E-state index is 13.0. The van der Waals surface area contributed by atoms with Gasteiger partial charge in [0.2, 0.25) is 5.82 Å². The van der Waals surface area contributed by atoms with Crippen molar-refractivity contribution in [3.05, 3.63) is 96.1 Å². The molecule has 0 radical (unpaired) electrons. The Morgan fingerprint density at radius 3 is 2.12 bits per heavy atom. The highest BCUT2D eigenvalue weighted by Gasteiger charge is 2.22. The Hall–Kier alpha value is -3.77. The van der Waals surface area contributed by atoms with Crippen LogP contribution in [0.2, 0.25) is 0 Å². The molecule has 3 aromatic carbocycles. The maximum Gasteiger partial charge on any atom is 0.258 e. The minimum atomic E-state index is 0.0615. The molecule has 0 unspecified atom stereocenters. The molecule has 0 saturated carbocycles. The van der Waals surface area contributed by atoms with Gasteiger partial charge in [-0.3, -0.25) is 9.69 Å². The molecule has 0 atom stereocenters. The number of nitrogens with zero attached hydrogens (tertiary/aromatic N) is 4. The Balaban J connectivity index is 1.20. The van der Waals surface area contributed by atoms with Crippen LogP contribution in [0.4, 0.5) is 0 Å².